The molecule has 218 valence electrons. The summed E-state index contributed by atoms with van der Waals surface area (Å²) < 4.78 is 5.30. The summed E-state index contributed by atoms with van der Waals surface area (Å²) in [6, 6.07) is 2.15. The van der Waals surface area contributed by atoms with E-state index in [-0.39, 0.29) is 45.3 Å². The molecule has 0 aromatic rings. The number of esters is 1. The quantitative estimate of drug-likeness (QED) is 0.206. The molecule has 5 heteroatoms. The van der Waals surface area contributed by atoms with E-state index in [0.29, 0.717) is 6.42 Å². The van der Waals surface area contributed by atoms with Crippen LogP contribution >= 0.6 is 0 Å². The molecule has 0 radical (unpaired) electrons. The van der Waals surface area contributed by atoms with Crippen molar-refractivity contribution >= 4 is 17.5 Å². The molecular weight excluding hydrogens is 486 g/mol. The van der Waals surface area contributed by atoms with Gasteiger partial charge in [0.05, 0.1) is 18.1 Å². The molecule has 0 aliphatic heterocycles. The highest BCUT2D eigenvalue weighted by atomic mass is 16.5. The number of methoxy groups -OCH3 is 1. The number of Topliss-reactive ketones (excluding diaryl/α,β-unsaturated/α-hetero) is 1. The number of carbonyl (C=O) groups excluding carboxylic acids is 3. The molecule has 2 aliphatic carbocycles. The molecule has 0 bridgehead atoms. The molecule has 0 spiro atoms. The van der Waals surface area contributed by atoms with Crippen molar-refractivity contribution in [2.24, 2.45) is 38.4 Å². The van der Waals surface area contributed by atoms with Gasteiger partial charge in [0.15, 0.2) is 11.6 Å². The Kier molecular flexibility index (Phi) is 9.29. The molecular formula is C34H53NO4. The highest BCUT2D eigenvalue weighted by Crippen LogP contribution is 2.67. The number of fused-ring (bicyclic) bond motifs is 1. The molecule has 2 rings (SSSR count). The van der Waals surface area contributed by atoms with E-state index in [1.165, 1.54) is 7.11 Å². The van der Waals surface area contributed by atoms with Gasteiger partial charge in [-0.1, -0.05) is 80.4 Å². The summed E-state index contributed by atoms with van der Waals surface area (Å²) in [4.78, 5) is 39.0. The summed E-state index contributed by atoms with van der Waals surface area (Å²) in [5.74, 6) is -0.321. The van der Waals surface area contributed by atoms with E-state index < -0.39 is 16.2 Å². The molecule has 5 nitrogen and oxygen atoms in total. The summed E-state index contributed by atoms with van der Waals surface area (Å²) in [5.41, 5.74) is -1.22. The molecule has 0 aromatic carbocycles. The zero-order chi connectivity index (χ0) is 30.2. The fourth-order valence-electron chi connectivity index (χ4n) is 7.34. The molecule has 39 heavy (non-hydrogen) atoms. The Morgan fingerprint density at radius 3 is 2.13 bits per heavy atom. The van der Waals surface area contributed by atoms with E-state index in [1.807, 2.05) is 26.8 Å². The molecule has 2 aliphatic rings. The second-order valence-electron chi connectivity index (χ2n) is 15.0. The number of hydrogen-bond acceptors (Lipinski definition) is 5. The molecule has 0 saturated heterocycles. The second-order valence-corrected chi connectivity index (χ2v) is 15.0. The molecule has 1 saturated carbocycles. The van der Waals surface area contributed by atoms with Gasteiger partial charge in [-0.3, -0.25) is 14.4 Å². The number of hydrogen-bond donors (Lipinski definition) is 0. The summed E-state index contributed by atoms with van der Waals surface area (Å²) in [6.45, 7) is 23.0. The zero-order valence-electron chi connectivity index (χ0n) is 26.8. The number of rotatable bonds is 10. The van der Waals surface area contributed by atoms with Gasteiger partial charge in [0.1, 0.15) is 6.07 Å². The van der Waals surface area contributed by atoms with E-state index in [1.54, 1.807) is 13.0 Å². The third kappa shape index (κ3) is 5.96. The zero-order valence-corrected chi connectivity index (χ0v) is 26.8. The number of carbonyl (C=O) groups is 3. The van der Waals surface area contributed by atoms with Crippen molar-refractivity contribution in [2.45, 2.75) is 121 Å². The van der Waals surface area contributed by atoms with Gasteiger partial charge in [0.2, 0.25) is 0 Å². The van der Waals surface area contributed by atoms with Crippen LogP contribution in [0.15, 0.2) is 23.3 Å². The van der Waals surface area contributed by atoms with Gasteiger partial charge in [-0.05, 0) is 80.6 Å². The van der Waals surface area contributed by atoms with E-state index in [4.69, 9.17) is 4.74 Å². The third-order valence-corrected chi connectivity index (χ3v) is 11.2. The van der Waals surface area contributed by atoms with Crippen molar-refractivity contribution in [3.8, 4) is 6.07 Å². The lowest BCUT2D eigenvalue weighted by molar-refractivity contribution is -0.153. The SMILES string of the molecule is CCC(C)(C)CC[C@@](C)(CCC(C)(C)[C@]1(C)CC[C@H]2C(C)(C)C(=O)C(C#N)=C[C@]2(C)/C1=C/C(C)=O)C(=O)OC. The lowest BCUT2D eigenvalue weighted by Gasteiger charge is -2.61. The van der Waals surface area contributed by atoms with E-state index >= 15 is 0 Å². The van der Waals surface area contributed by atoms with Gasteiger partial charge in [-0.25, -0.2) is 0 Å². The second kappa shape index (κ2) is 11.0. The van der Waals surface area contributed by atoms with Crippen LogP contribution in [0.5, 0.6) is 0 Å². The van der Waals surface area contributed by atoms with Crippen molar-refractivity contribution in [2.75, 3.05) is 7.11 Å². The third-order valence-electron chi connectivity index (χ3n) is 11.2. The van der Waals surface area contributed by atoms with Crippen molar-refractivity contribution in [3.63, 3.8) is 0 Å². The lowest BCUT2D eigenvalue weighted by atomic mass is 9.42. The van der Waals surface area contributed by atoms with Crippen molar-refractivity contribution < 1.29 is 19.1 Å². The molecule has 1 fully saturated rings. The van der Waals surface area contributed by atoms with Crippen LogP contribution in [0, 0.1) is 49.7 Å². The minimum absolute atomic E-state index is 0.0133. The Morgan fingerprint density at radius 1 is 1.08 bits per heavy atom. The Bertz CT molecular complexity index is 1100. The van der Waals surface area contributed by atoms with Crippen LogP contribution in [0.25, 0.3) is 0 Å². The summed E-state index contributed by atoms with van der Waals surface area (Å²) in [6.07, 6.45) is 9.45. The Balaban J connectivity index is 2.57. The standard InChI is InChI=1S/C34H53NO4/c1-13-29(3,4)16-18-32(9,28(38)39-12)19-17-30(5,6)34(11)15-14-25-31(7,8)27(37)24(22-35)21-33(25,10)26(34)20-23(2)36/h20-21,25H,13-19H2,1-12H3/b26-20-/t25-,32-,33-,34+/m0/s1. The van der Waals surface area contributed by atoms with Crippen molar-refractivity contribution in [1.29, 1.82) is 5.26 Å². The maximum absolute atomic E-state index is 13.2. The average molecular weight is 540 g/mol. The van der Waals surface area contributed by atoms with E-state index in [9.17, 15) is 19.6 Å². The van der Waals surface area contributed by atoms with Crippen molar-refractivity contribution in [1.82, 2.24) is 0 Å². The van der Waals surface area contributed by atoms with Crippen LogP contribution in [0.4, 0.5) is 0 Å². The van der Waals surface area contributed by atoms with E-state index in [0.717, 1.165) is 44.1 Å². The van der Waals surface area contributed by atoms with Gasteiger partial charge in [0, 0.05) is 10.8 Å². The monoisotopic (exact) mass is 539 g/mol. The minimum Gasteiger partial charge on any atom is -0.469 e. The minimum atomic E-state index is -0.703. The summed E-state index contributed by atoms with van der Waals surface area (Å²) in [5, 5.41) is 9.86. The van der Waals surface area contributed by atoms with Crippen LogP contribution in [0.3, 0.4) is 0 Å². The van der Waals surface area contributed by atoms with Gasteiger partial charge in [-0.2, -0.15) is 5.26 Å². The highest BCUT2D eigenvalue weighted by molar-refractivity contribution is 6.04. The molecule has 0 aromatic heterocycles. The van der Waals surface area contributed by atoms with Crippen molar-refractivity contribution in [3.05, 3.63) is 23.3 Å². The molecule has 0 N–H and O–H groups in total. The number of nitrogens with zero attached hydrogens (tertiary/aromatic N) is 1. The maximum atomic E-state index is 13.2. The van der Waals surface area contributed by atoms with Gasteiger partial charge in [-0.15, -0.1) is 0 Å². The summed E-state index contributed by atoms with van der Waals surface area (Å²) in [7, 11) is 1.47. The van der Waals surface area contributed by atoms with Crippen LogP contribution in [0.1, 0.15) is 121 Å². The topological polar surface area (TPSA) is 84.2 Å². The number of allylic oxidation sites excluding steroid dienone is 4. The van der Waals surface area contributed by atoms with E-state index in [2.05, 4.69) is 54.5 Å². The molecule has 0 unspecified atom stereocenters. The van der Waals surface area contributed by atoms with Gasteiger partial charge < -0.3 is 4.74 Å². The lowest BCUT2D eigenvalue weighted by Crippen LogP contribution is -2.55. The highest BCUT2D eigenvalue weighted by Gasteiger charge is 2.61. The Morgan fingerprint density at radius 2 is 1.64 bits per heavy atom. The fraction of sp³-hybridized carbons (Fsp3) is 0.765. The van der Waals surface area contributed by atoms with Crippen LogP contribution in [-0.2, 0) is 19.1 Å². The van der Waals surface area contributed by atoms with Crippen LogP contribution < -0.4 is 0 Å². The predicted molar refractivity (Wildman–Crippen MR) is 157 cm³/mol. The van der Waals surface area contributed by atoms with Gasteiger partial charge in [0.25, 0.3) is 0 Å². The summed E-state index contributed by atoms with van der Waals surface area (Å²) >= 11 is 0. The molecule has 0 heterocycles. The van der Waals surface area contributed by atoms with Crippen LogP contribution in [-0.4, -0.2) is 24.6 Å². The first-order valence-corrected chi connectivity index (χ1v) is 14.7. The first kappa shape index (κ1) is 33.0. The smallest absolute Gasteiger partial charge is 0.311 e. The Labute approximate surface area is 237 Å². The first-order chi connectivity index (χ1) is 17.7. The average Bonchev–Trinajstić information content (AvgIpc) is 2.85. The van der Waals surface area contributed by atoms with Crippen LogP contribution in [0.2, 0.25) is 0 Å². The normalized spacial score (nSPS) is 29.6. The largest absolute Gasteiger partial charge is 0.469 e. The number of ether oxygens (including phenoxy) is 1. The maximum Gasteiger partial charge on any atom is 0.311 e. The Hall–Kier alpha value is -2.22. The first-order valence-electron chi connectivity index (χ1n) is 14.7. The number of nitriles is 1. The predicted octanol–water partition coefficient (Wildman–Crippen LogP) is 8.19. The number of ketones is 2. The fourth-order valence-corrected chi connectivity index (χ4v) is 7.34. The molecule has 4 atom stereocenters. The molecule has 0 amide bonds. The van der Waals surface area contributed by atoms with Gasteiger partial charge >= 0.3 is 5.97 Å².